The maximum atomic E-state index is 13.1. The van der Waals surface area contributed by atoms with Crippen LogP contribution in [0.2, 0.25) is 0 Å². The van der Waals surface area contributed by atoms with Crippen LogP contribution in [0.4, 0.5) is 10.1 Å². The molecule has 5 nitrogen and oxygen atoms in total. The van der Waals surface area contributed by atoms with Crippen molar-refractivity contribution < 1.29 is 14.0 Å². The highest BCUT2D eigenvalue weighted by Gasteiger charge is 2.60. The quantitative estimate of drug-likeness (QED) is 0.605. The molecule has 1 aromatic carbocycles. The monoisotopic (exact) mass is 369 g/mol. The summed E-state index contributed by atoms with van der Waals surface area (Å²) in [6.07, 6.45) is 3.19. The lowest BCUT2D eigenvalue weighted by Crippen LogP contribution is -2.51. The molecular weight excluding hydrogens is 345 g/mol. The molecule has 5 rings (SSSR count). The summed E-state index contributed by atoms with van der Waals surface area (Å²) < 4.78 is 13.1. The number of piperazine rings is 1. The Hall–Kier alpha value is -2.21. The van der Waals surface area contributed by atoms with Crippen LogP contribution in [0, 0.1) is 29.5 Å². The Kier molecular flexibility index (Phi) is 3.86. The Morgan fingerprint density at radius 2 is 1.67 bits per heavy atom. The number of benzene rings is 1. The predicted octanol–water partition coefficient (Wildman–Crippen LogP) is 2.10. The lowest BCUT2D eigenvalue weighted by molar-refractivity contribution is -0.143. The summed E-state index contributed by atoms with van der Waals surface area (Å²) in [6, 6.07) is 6.55. The number of hydrogen-bond acceptors (Lipinski definition) is 4. The van der Waals surface area contributed by atoms with Crippen LogP contribution in [0.5, 0.6) is 0 Å². The minimum Gasteiger partial charge on any atom is -0.369 e. The van der Waals surface area contributed by atoms with E-state index < -0.39 is 0 Å². The number of fused-ring (bicyclic) bond motifs is 5. The van der Waals surface area contributed by atoms with Gasteiger partial charge in [-0.25, -0.2) is 4.39 Å². The second kappa shape index (κ2) is 6.16. The summed E-state index contributed by atoms with van der Waals surface area (Å²) in [4.78, 5) is 31.7. The third-order valence-corrected chi connectivity index (χ3v) is 6.88. The summed E-state index contributed by atoms with van der Waals surface area (Å²) in [7, 11) is 0. The molecule has 1 saturated carbocycles. The van der Waals surface area contributed by atoms with E-state index in [0.717, 1.165) is 38.3 Å². The largest absolute Gasteiger partial charge is 0.369 e. The minimum absolute atomic E-state index is 0.0298. The fraction of sp³-hybridized carbons (Fsp3) is 0.524. The number of carbonyl (C=O) groups is 2. The van der Waals surface area contributed by atoms with Gasteiger partial charge in [-0.15, -0.1) is 0 Å². The first-order valence-corrected chi connectivity index (χ1v) is 9.79. The number of likely N-dealkylation sites (tertiary alicyclic amines) is 1. The first kappa shape index (κ1) is 16.9. The van der Waals surface area contributed by atoms with Crippen LogP contribution < -0.4 is 4.90 Å². The molecule has 0 N–H and O–H groups in total. The van der Waals surface area contributed by atoms with Gasteiger partial charge in [0.05, 0.1) is 18.5 Å². The first-order valence-electron chi connectivity index (χ1n) is 9.79. The van der Waals surface area contributed by atoms with E-state index in [-0.39, 0.29) is 41.3 Å². The normalized spacial score (nSPS) is 33.0. The Morgan fingerprint density at radius 1 is 1.00 bits per heavy atom. The number of hydrogen-bond donors (Lipinski definition) is 0. The molecule has 2 bridgehead atoms. The van der Waals surface area contributed by atoms with E-state index in [1.54, 1.807) is 12.1 Å². The zero-order valence-electron chi connectivity index (χ0n) is 15.5. The Bertz CT molecular complexity index is 813. The second-order valence-corrected chi connectivity index (χ2v) is 8.30. The molecule has 2 amide bonds. The molecule has 1 aromatic rings. The standard InChI is InChI=1S/C21H24FN3O2/c1-13-10-14-11-17(13)19-18(14)20(26)25(21(19)27)12-23-6-8-24(9-7-23)16-4-2-15(22)3-5-16/h2-5,10,14,17-19H,6-9,11-12H2,1H3/t14-,17+,18+,19-/m1/s1. The maximum absolute atomic E-state index is 13.1. The number of allylic oxidation sites excluding steroid dienone is 2. The van der Waals surface area contributed by atoms with Crippen molar-refractivity contribution in [3.63, 3.8) is 0 Å². The van der Waals surface area contributed by atoms with Crippen LogP contribution in [0.15, 0.2) is 35.9 Å². The summed E-state index contributed by atoms with van der Waals surface area (Å²) >= 11 is 0. The van der Waals surface area contributed by atoms with Crippen molar-refractivity contribution >= 4 is 17.5 Å². The smallest absolute Gasteiger partial charge is 0.234 e. The Morgan fingerprint density at radius 3 is 2.37 bits per heavy atom. The van der Waals surface area contributed by atoms with Gasteiger partial charge in [0.2, 0.25) is 11.8 Å². The molecule has 0 spiro atoms. The molecule has 142 valence electrons. The third kappa shape index (κ3) is 2.61. The minimum atomic E-state index is -0.229. The Balaban J connectivity index is 1.22. The summed E-state index contributed by atoms with van der Waals surface area (Å²) in [6.45, 7) is 5.68. The molecule has 0 unspecified atom stereocenters. The van der Waals surface area contributed by atoms with Crippen LogP contribution in [0.1, 0.15) is 13.3 Å². The third-order valence-electron chi connectivity index (χ3n) is 6.88. The SMILES string of the molecule is CC1=C[C@@H]2C[C@@H]1[C@H]1C(=O)N(CN3CCN(c4ccc(F)cc4)CC3)C(=O)[C@H]12. The zero-order valence-corrected chi connectivity index (χ0v) is 15.5. The van der Waals surface area contributed by atoms with Crippen molar-refractivity contribution in [2.24, 2.45) is 23.7 Å². The van der Waals surface area contributed by atoms with Crippen molar-refractivity contribution in [2.45, 2.75) is 13.3 Å². The maximum Gasteiger partial charge on any atom is 0.234 e. The molecule has 2 saturated heterocycles. The van der Waals surface area contributed by atoms with Gasteiger partial charge in [-0.1, -0.05) is 11.6 Å². The summed E-state index contributed by atoms with van der Waals surface area (Å²) in [5, 5.41) is 0. The van der Waals surface area contributed by atoms with Gasteiger partial charge in [-0.2, -0.15) is 0 Å². The lowest BCUT2D eigenvalue weighted by atomic mass is 9.82. The van der Waals surface area contributed by atoms with Gasteiger partial charge in [0.1, 0.15) is 5.82 Å². The van der Waals surface area contributed by atoms with E-state index >= 15 is 0 Å². The predicted molar refractivity (Wildman–Crippen MR) is 99.2 cm³/mol. The molecule has 0 aromatic heterocycles. The number of carbonyl (C=O) groups excluding carboxylic acids is 2. The van der Waals surface area contributed by atoms with Gasteiger partial charge in [-0.3, -0.25) is 19.4 Å². The number of halogens is 1. The van der Waals surface area contributed by atoms with E-state index in [4.69, 9.17) is 0 Å². The van der Waals surface area contributed by atoms with Crippen molar-refractivity contribution in [1.29, 1.82) is 0 Å². The van der Waals surface area contributed by atoms with E-state index in [1.807, 2.05) is 0 Å². The molecule has 2 heterocycles. The average molecular weight is 369 g/mol. The molecule has 4 aliphatic rings. The second-order valence-electron chi connectivity index (χ2n) is 8.30. The molecule has 0 radical (unpaired) electrons. The molecule has 2 aliphatic carbocycles. The van der Waals surface area contributed by atoms with Crippen molar-refractivity contribution in [3.05, 3.63) is 41.7 Å². The highest BCUT2D eigenvalue weighted by atomic mass is 19.1. The highest BCUT2D eigenvalue weighted by Crippen LogP contribution is 2.55. The number of nitrogens with zero attached hydrogens (tertiary/aromatic N) is 3. The van der Waals surface area contributed by atoms with E-state index in [2.05, 4.69) is 22.8 Å². The zero-order chi connectivity index (χ0) is 18.7. The summed E-state index contributed by atoms with van der Waals surface area (Å²) in [5.74, 6) is 0.133. The molecule has 4 atom stereocenters. The lowest BCUT2D eigenvalue weighted by Gasteiger charge is -2.37. The van der Waals surface area contributed by atoms with Gasteiger partial charge in [0.25, 0.3) is 0 Å². The van der Waals surface area contributed by atoms with Crippen molar-refractivity contribution in [1.82, 2.24) is 9.80 Å². The fourth-order valence-electron chi connectivity index (χ4n) is 5.47. The van der Waals surface area contributed by atoms with Crippen LogP contribution in [0.3, 0.4) is 0 Å². The summed E-state index contributed by atoms with van der Waals surface area (Å²) in [5.41, 5.74) is 2.30. The van der Waals surface area contributed by atoms with Gasteiger partial charge in [0.15, 0.2) is 0 Å². The van der Waals surface area contributed by atoms with Gasteiger partial charge in [-0.05, 0) is 49.4 Å². The Labute approximate surface area is 158 Å². The van der Waals surface area contributed by atoms with Crippen molar-refractivity contribution in [2.75, 3.05) is 37.7 Å². The molecule has 3 fully saturated rings. The van der Waals surface area contributed by atoms with Crippen LogP contribution in [0.25, 0.3) is 0 Å². The van der Waals surface area contributed by atoms with Crippen molar-refractivity contribution in [3.8, 4) is 0 Å². The average Bonchev–Trinajstić information content (AvgIpc) is 3.30. The van der Waals surface area contributed by atoms with Crippen LogP contribution in [-0.4, -0.2) is 54.5 Å². The number of amides is 2. The van der Waals surface area contributed by atoms with Gasteiger partial charge < -0.3 is 4.90 Å². The van der Waals surface area contributed by atoms with E-state index in [9.17, 15) is 14.0 Å². The molecular formula is C21H24FN3O2. The highest BCUT2D eigenvalue weighted by molar-refractivity contribution is 6.06. The molecule has 2 aliphatic heterocycles. The van der Waals surface area contributed by atoms with Gasteiger partial charge in [0, 0.05) is 31.9 Å². The van der Waals surface area contributed by atoms with E-state index in [0.29, 0.717) is 6.67 Å². The first-order chi connectivity index (χ1) is 13.0. The van der Waals surface area contributed by atoms with Gasteiger partial charge >= 0.3 is 0 Å². The fourth-order valence-corrected chi connectivity index (χ4v) is 5.47. The van der Waals surface area contributed by atoms with Crippen LogP contribution >= 0.6 is 0 Å². The molecule has 6 heteroatoms. The topological polar surface area (TPSA) is 43.9 Å². The number of imide groups is 1. The van der Waals surface area contributed by atoms with Crippen LogP contribution in [-0.2, 0) is 9.59 Å². The number of anilines is 1. The van der Waals surface area contributed by atoms with E-state index in [1.165, 1.54) is 22.6 Å². The molecule has 27 heavy (non-hydrogen) atoms. The number of rotatable bonds is 3.